The fraction of sp³-hybridized carbons (Fsp3) is 0. The van der Waals surface area contributed by atoms with Gasteiger partial charge in [0.15, 0.2) is 0 Å². The molecule has 0 saturated heterocycles. The van der Waals surface area contributed by atoms with Crippen molar-refractivity contribution in [1.29, 1.82) is 0 Å². The largest absolute Gasteiger partial charge is 0.360 e. The molecule has 0 aromatic carbocycles. The van der Waals surface area contributed by atoms with Gasteiger partial charge < -0.3 is 4.98 Å². The summed E-state index contributed by atoms with van der Waals surface area (Å²) in [5.74, 6) is 0. The van der Waals surface area contributed by atoms with Gasteiger partial charge >= 0.3 is 0 Å². The van der Waals surface area contributed by atoms with Gasteiger partial charge in [-0.25, -0.2) is 4.98 Å². The minimum atomic E-state index is 0.625. The molecule has 0 radical (unpaired) electrons. The Morgan fingerprint density at radius 1 is 1.55 bits per heavy atom. The van der Waals surface area contributed by atoms with E-state index < -0.39 is 0 Å². The van der Waals surface area contributed by atoms with E-state index in [9.17, 15) is 0 Å². The topological polar surface area (TPSA) is 28.7 Å². The van der Waals surface area contributed by atoms with Gasteiger partial charge in [-0.1, -0.05) is 11.6 Å². The van der Waals surface area contributed by atoms with Gasteiger partial charge in [-0.05, 0) is 28.1 Å². The molecule has 0 aliphatic heterocycles. The second kappa shape index (κ2) is 2.50. The van der Waals surface area contributed by atoms with Crippen molar-refractivity contribution in [2.24, 2.45) is 0 Å². The molecule has 0 bridgehead atoms. The molecule has 11 heavy (non-hydrogen) atoms. The maximum atomic E-state index is 5.82. The number of rotatable bonds is 0. The number of aromatic amines is 1. The van der Waals surface area contributed by atoms with Crippen molar-refractivity contribution in [2.45, 2.75) is 0 Å². The first-order chi connectivity index (χ1) is 5.27. The fourth-order valence-corrected chi connectivity index (χ4v) is 1.39. The number of pyridine rings is 1. The maximum Gasteiger partial charge on any atom is 0.125 e. The van der Waals surface area contributed by atoms with Crippen LogP contribution in [-0.4, -0.2) is 9.97 Å². The van der Waals surface area contributed by atoms with Crippen LogP contribution in [0.1, 0.15) is 0 Å². The first-order valence-corrected chi connectivity index (χ1v) is 4.23. The van der Waals surface area contributed by atoms with Crippen molar-refractivity contribution >= 4 is 38.6 Å². The standard InChI is InChI=1S/C7H4BrClN2/c8-7-4(9)3-6-5(11-7)1-2-10-6/h1-3,10H. The Morgan fingerprint density at radius 2 is 2.36 bits per heavy atom. The number of nitrogens with zero attached hydrogens (tertiary/aromatic N) is 1. The average molecular weight is 231 g/mol. The van der Waals surface area contributed by atoms with Crippen LogP contribution in [0, 0.1) is 0 Å². The molecule has 2 rings (SSSR count). The van der Waals surface area contributed by atoms with Crippen molar-refractivity contribution < 1.29 is 0 Å². The number of fused-ring (bicyclic) bond motifs is 1. The highest BCUT2D eigenvalue weighted by molar-refractivity contribution is 9.10. The predicted molar refractivity (Wildman–Crippen MR) is 48.8 cm³/mol. The lowest BCUT2D eigenvalue weighted by molar-refractivity contribution is 1.35. The summed E-state index contributed by atoms with van der Waals surface area (Å²) in [5, 5.41) is 0.625. The number of hydrogen-bond acceptors (Lipinski definition) is 1. The van der Waals surface area contributed by atoms with Gasteiger partial charge in [0.25, 0.3) is 0 Å². The van der Waals surface area contributed by atoms with Crippen LogP contribution in [0.3, 0.4) is 0 Å². The molecule has 2 nitrogen and oxygen atoms in total. The lowest BCUT2D eigenvalue weighted by atomic mass is 10.4. The van der Waals surface area contributed by atoms with Gasteiger partial charge in [-0.15, -0.1) is 0 Å². The fourth-order valence-electron chi connectivity index (χ4n) is 0.933. The van der Waals surface area contributed by atoms with Gasteiger partial charge in [-0.3, -0.25) is 0 Å². The van der Waals surface area contributed by atoms with Crippen molar-refractivity contribution in [3.63, 3.8) is 0 Å². The first-order valence-electron chi connectivity index (χ1n) is 3.06. The highest BCUT2D eigenvalue weighted by Crippen LogP contribution is 2.23. The van der Waals surface area contributed by atoms with Crippen molar-refractivity contribution in [3.05, 3.63) is 28.0 Å². The number of H-pyrrole nitrogens is 1. The lowest BCUT2D eigenvalue weighted by Crippen LogP contribution is -1.77. The summed E-state index contributed by atoms with van der Waals surface area (Å²) in [7, 11) is 0. The van der Waals surface area contributed by atoms with Crippen LogP contribution in [-0.2, 0) is 0 Å². The normalized spacial score (nSPS) is 10.7. The monoisotopic (exact) mass is 230 g/mol. The second-order valence-corrected chi connectivity index (χ2v) is 3.33. The Bertz CT molecular complexity index is 360. The molecule has 0 atom stereocenters. The zero-order chi connectivity index (χ0) is 7.84. The Labute approximate surface area is 76.7 Å². The number of nitrogens with one attached hydrogen (secondary N) is 1. The highest BCUT2D eigenvalue weighted by Gasteiger charge is 2.01. The van der Waals surface area contributed by atoms with Crippen molar-refractivity contribution in [1.82, 2.24) is 9.97 Å². The van der Waals surface area contributed by atoms with Gasteiger partial charge in [0.05, 0.1) is 16.1 Å². The Kier molecular flexibility index (Phi) is 1.62. The van der Waals surface area contributed by atoms with Crippen LogP contribution in [0.2, 0.25) is 5.02 Å². The summed E-state index contributed by atoms with van der Waals surface area (Å²) in [5.41, 5.74) is 1.87. The smallest absolute Gasteiger partial charge is 0.125 e. The van der Waals surface area contributed by atoms with E-state index in [0.29, 0.717) is 9.63 Å². The molecule has 0 saturated carbocycles. The molecule has 0 amide bonds. The van der Waals surface area contributed by atoms with E-state index in [1.54, 1.807) is 0 Å². The van der Waals surface area contributed by atoms with Gasteiger partial charge in [0, 0.05) is 6.20 Å². The number of halogens is 2. The number of aromatic nitrogens is 2. The molecule has 2 aromatic rings. The van der Waals surface area contributed by atoms with E-state index in [-0.39, 0.29) is 0 Å². The Morgan fingerprint density at radius 3 is 3.18 bits per heavy atom. The van der Waals surface area contributed by atoms with E-state index in [0.717, 1.165) is 11.0 Å². The first kappa shape index (κ1) is 7.13. The second-order valence-electron chi connectivity index (χ2n) is 2.17. The SMILES string of the molecule is Clc1cc2[nH]ccc2nc1Br. The Hall–Kier alpha value is -0.540. The molecule has 0 unspecified atom stereocenters. The molecule has 0 fully saturated rings. The van der Waals surface area contributed by atoms with Crippen LogP contribution in [0.25, 0.3) is 11.0 Å². The van der Waals surface area contributed by atoms with E-state index in [2.05, 4.69) is 25.9 Å². The molecule has 2 heterocycles. The third-order valence-corrected chi connectivity index (χ3v) is 2.56. The summed E-state index contributed by atoms with van der Waals surface area (Å²) < 4.78 is 0.686. The van der Waals surface area contributed by atoms with Crippen LogP contribution in [0.5, 0.6) is 0 Å². The summed E-state index contributed by atoms with van der Waals surface area (Å²) in [6.07, 6.45) is 1.83. The van der Waals surface area contributed by atoms with Crippen LogP contribution < -0.4 is 0 Å². The van der Waals surface area contributed by atoms with Gasteiger partial charge in [0.1, 0.15) is 4.60 Å². The molecular formula is C7H4BrClN2. The third-order valence-electron chi connectivity index (χ3n) is 1.44. The summed E-state index contributed by atoms with van der Waals surface area (Å²) in [6.45, 7) is 0. The molecule has 0 aliphatic rings. The molecule has 4 heteroatoms. The summed E-state index contributed by atoms with van der Waals surface area (Å²) >= 11 is 9.06. The van der Waals surface area contributed by atoms with Crippen molar-refractivity contribution in [3.8, 4) is 0 Å². The van der Waals surface area contributed by atoms with Crippen molar-refractivity contribution in [2.75, 3.05) is 0 Å². The highest BCUT2D eigenvalue weighted by atomic mass is 79.9. The van der Waals surface area contributed by atoms with E-state index in [1.807, 2.05) is 18.3 Å². The molecule has 0 aliphatic carbocycles. The molecule has 2 aromatic heterocycles. The molecule has 1 N–H and O–H groups in total. The van der Waals surface area contributed by atoms with E-state index in [1.165, 1.54) is 0 Å². The summed E-state index contributed by atoms with van der Waals surface area (Å²) in [4.78, 5) is 7.21. The van der Waals surface area contributed by atoms with Crippen LogP contribution >= 0.6 is 27.5 Å². The predicted octanol–water partition coefficient (Wildman–Crippen LogP) is 2.98. The molecule has 0 spiro atoms. The third kappa shape index (κ3) is 1.14. The minimum absolute atomic E-state index is 0.625. The van der Waals surface area contributed by atoms with Crippen LogP contribution in [0.15, 0.2) is 22.9 Å². The van der Waals surface area contributed by atoms with Gasteiger partial charge in [-0.2, -0.15) is 0 Å². The van der Waals surface area contributed by atoms with Gasteiger partial charge in [0.2, 0.25) is 0 Å². The quantitative estimate of drug-likeness (QED) is 0.694. The van der Waals surface area contributed by atoms with E-state index >= 15 is 0 Å². The number of hydrogen-bond donors (Lipinski definition) is 1. The lowest BCUT2D eigenvalue weighted by Gasteiger charge is -1.93. The zero-order valence-electron chi connectivity index (χ0n) is 5.44. The maximum absolute atomic E-state index is 5.82. The Balaban J connectivity index is 2.86. The molecular weight excluding hydrogens is 227 g/mol. The zero-order valence-corrected chi connectivity index (χ0v) is 7.78. The molecule has 56 valence electrons. The average Bonchev–Trinajstić information content (AvgIpc) is 2.36. The summed E-state index contributed by atoms with van der Waals surface area (Å²) in [6, 6.07) is 3.74. The van der Waals surface area contributed by atoms with Crippen LogP contribution in [0.4, 0.5) is 0 Å². The van der Waals surface area contributed by atoms with E-state index in [4.69, 9.17) is 11.6 Å². The minimum Gasteiger partial charge on any atom is -0.360 e.